The van der Waals surface area contributed by atoms with Crippen LogP contribution in [0.15, 0.2) is 22.0 Å². The molecule has 0 radical (unpaired) electrons. The highest BCUT2D eigenvalue weighted by Gasteiger charge is 2.24. The Balaban J connectivity index is 2.64. The molecule has 1 saturated heterocycles. The molecule has 1 amide bonds. The van der Waals surface area contributed by atoms with Crippen molar-refractivity contribution in [3.05, 3.63) is 23.3 Å². The summed E-state index contributed by atoms with van der Waals surface area (Å²) in [6.45, 7) is 3.53. The Morgan fingerprint density at radius 1 is 1.21 bits per heavy atom. The molecular weight excluding hydrogens is 328 g/mol. The Bertz CT molecular complexity index is 762. The van der Waals surface area contributed by atoms with E-state index in [2.05, 4.69) is 9.89 Å². The maximum absolute atomic E-state index is 12.3. The molecule has 4 N–H and O–H groups in total. The summed E-state index contributed by atoms with van der Waals surface area (Å²) in [5.74, 6) is -0.968. The van der Waals surface area contributed by atoms with E-state index >= 15 is 0 Å². The lowest BCUT2D eigenvalue weighted by Gasteiger charge is -2.31. The van der Waals surface area contributed by atoms with Gasteiger partial charge in [-0.15, -0.1) is 0 Å². The summed E-state index contributed by atoms with van der Waals surface area (Å²) >= 11 is 0. The van der Waals surface area contributed by atoms with Gasteiger partial charge in [0.25, 0.3) is 5.91 Å². The maximum atomic E-state index is 12.3. The molecule has 1 aliphatic rings. The van der Waals surface area contributed by atoms with Crippen LogP contribution in [0.5, 0.6) is 0 Å². The van der Waals surface area contributed by atoms with E-state index in [4.69, 9.17) is 11.5 Å². The monoisotopic (exact) mass is 352 g/mol. The van der Waals surface area contributed by atoms with Crippen LogP contribution >= 0.6 is 0 Å². The van der Waals surface area contributed by atoms with Crippen molar-refractivity contribution < 1.29 is 13.2 Å². The smallest absolute Gasteiger partial charge is 0.280 e. The van der Waals surface area contributed by atoms with Crippen molar-refractivity contribution in [3.63, 3.8) is 0 Å². The summed E-state index contributed by atoms with van der Waals surface area (Å²) in [5, 5.41) is 0. The lowest BCUT2D eigenvalue weighted by Crippen LogP contribution is -2.31. The molecule has 1 fully saturated rings. The maximum Gasteiger partial charge on any atom is 0.280 e. The molecule has 1 heterocycles. The molecule has 0 bridgehead atoms. The van der Waals surface area contributed by atoms with Crippen LogP contribution in [0, 0.1) is 0 Å². The summed E-state index contributed by atoms with van der Waals surface area (Å²) in [6, 6.07) is 3.20. The molecule has 0 unspecified atom stereocenters. The summed E-state index contributed by atoms with van der Waals surface area (Å²) in [4.78, 5) is 18.0. The highest BCUT2D eigenvalue weighted by molar-refractivity contribution is 7.90. The van der Waals surface area contributed by atoms with Crippen LogP contribution in [0.3, 0.4) is 0 Å². The highest BCUT2D eigenvalue weighted by Crippen LogP contribution is 2.32. The molecule has 24 heavy (non-hydrogen) atoms. The van der Waals surface area contributed by atoms with Gasteiger partial charge in [-0.3, -0.25) is 4.79 Å². The second kappa shape index (κ2) is 7.21. The summed E-state index contributed by atoms with van der Waals surface area (Å²) in [5.41, 5.74) is 12.2. The molecule has 1 aromatic rings. The van der Waals surface area contributed by atoms with Crippen LogP contribution in [0.2, 0.25) is 0 Å². The van der Waals surface area contributed by atoms with E-state index in [1.54, 1.807) is 6.07 Å². The van der Waals surface area contributed by atoms with Crippen molar-refractivity contribution in [3.8, 4) is 0 Å². The fourth-order valence-corrected chi connectivity index (χ4v) is 3.86. The standard InChI is InChI=1S/C16H24N4O3S/c1-3-11-9-13(20-7-5-4-6-8-20)14(24(2,22)23)10-12(11)15(21)19-16(17)18/h9-10H,3-8H2,1-2H3,(H4,17,18,19,21). The van der Waals surface area contributed by atoms with Crippen LogP contribution in [-0.2, 0) is 16.3 Å². The van der Waals surface area contributed by atoms with Gasteiger partial charge in [-0.1, -0.05) is 6.92 Å². The minimum Gasteiger partial charge on any atom is -0.370 e. The van der Waals surface area contributed by atoms with Crippen molar-refractivity contribution >= 4 is 27.4 Å². The van der Waals surface area contributed by atoms with E-state index in [0.717, 1.165) is 44.2 Å². The van der Waals surface area contributed by atoms with Gasteiger partial charge in [-0.05, 0) is 43.4 Å². The molecule has 0 aliphatic carbocycles. The summed E-state index contributed by atoms with van der Waals surface area (Å²) < 4.78 is 24.5. The number of benzene rings is 1. The van der Waals surface area contributed by atoms with Crippen molar-refractivity contribution in [2.45, 2.75) is 37.5 Å². The van der Waals surface area contributed by atoms with E-state index in [-0.39, 0.29) is 16.4 Å². The number of anilines is 1. The first-order valence-corrected chi connectivity index (χ1v) is 9.89. The zero-order chi connectivity index (χ0) is 17.9. The van der Waals surface area contributed by atoms with E-state index in [1.165, 1.54) is 6.07 Å². The van der Waals surface area contributed by atoms with Gasteiger partial charge in [-0.25, -0.2) is 8.42 Å². The topological polar surface area (TPSA) is 119 Å². The third-order valence-electron chi connectivity index (χ3n) is 4.12. The van der Waals surface area contributed by atoms with Crippen LogP contribution < -0.4 is 16.4 Å². The second-order valence-electron chi connectivity index (χ2n) is 5.99. The Kier molecular flexibility index (Phi) is 5.48. The van der Waals surface area contributed by atoms with Gasteiger partial charge >= 0.3 is 0 Å². The first kappa shape index (κ1) is 18.3. The van der Waals surface area contributed by atoms with Crippen LogP contribution in [0.25, 0.3) is 0 Å². The number of aliphatic imine (C=N–C) groups is 1. The predicted molar refractivity (Wildman–Crippen MR) is 95.1 cm³/mol. The number of aryl methyl sites for hydroxylation is 1. The number of hydrogen-bond donors (Lipinski definition) is 2. The average Bonchev–Trinajstić information content (AvgIpc) is 2.52. The van der Waals surface area contributed by atoms with Gasteiger partial charge in [0.05, 0.1) is 10.6 Å². The lowest BCUT2D eigenvalue weighted by molar-refractivity contribution is 0.100. The number of amides is 1. The zero-order valence-corrected chi connectivity index (χ0v) is 14.9. The summed E-state index contributed by atoms with van der Waals surface area (Å²) in [7, 11) is -3.50. The van der Waals surface area contributed by atoms with Crippen LogP contribution in [0.1, 0.15) is 42.1 Å². The Labute approximate surface area is 142 Å². The number of piperidine rings is 1. The predicted octanol–water partition coefficient (Wildman–Crippen LogP) is 1.06. The van der Waals surface area contributed by atoms with Gasteiger partial charge in [0.2, 0.25) is 0 Å². The van der Waals surface area contributed by atoms with Gasteiger partial charge < -0.3 is 16.4 Å². The van der Waals surface area contributed by atoms with Gasteiger partial charge in [-0.2, -0.15) is 4.99 Å². The van der Waals surface area contributed by atoms with Crippen molar-refractivity contribution in [2.24, 2.45) is 16.5 Å². The molecule has 132 valence electrons. The zero-order valence-electron chi connectivity index (χ0n) is 14.1. The third kappa shape index (κ3) is 4.05. The first-order valence-electron chi connectivity index (χ1n) is 8.00. The Morgan fingerprint density at radius 2 is 1.83 bits per heavy atom. The minimum absolute atomic E-state index is 0.149. The fraction of sp³-hybridized carbons (Fsp3) is 0.500. The molecule has 1 aliphatic heterocycles. The number of carbonyl (C=O) groups is 1. The molecular formula is C16H24N4O3S. The number of sulfone groups is 1. The number of nitrogens with two attached hydrogens (primary N) is 2. The van der Waals surface area contributed by atoms with E-state index in [1.807, 2.05) is 6.92 Å². The van der Waals surface area contributed by atoms with Gasteiger partial charge in [0.15, 0.2) is 15.8 Å². The highest BCUT2D eigenvalue weighted by atomic mass is 32.2. The first-order chi connectivity index (χ1) is 11.2. The lowest BCUT2D eigenvalue weighted by atomic mass is 10.0. The second-order valence-corrected chi connectivity index (χ2v) is 7.98. The molecule has 1 aromatic carbocycles. The number of carbonyl (C=O) groups excluding carboxylic acids is 1. The third-order valence-corrected chi connectivity index (χ3v) is 5.25. The van der Waals surface area contributed by atoms with Crippen LogP contribution in [-0.4, -0.2) is 39.6 Å². The van der Waals surface area contributed by atoms with Gasteiger partial charge in [0, 0.05) is 24.9 Å². The molecule has 0 saturated carbocycles. The number of guanidine groups is 1. The molecule has 2 rings (SSSR count). The van der Waals surface area contributed by atoms with Crippen molar-refractivity contribution in [2.75, 3.05) is 24.2 Å². The normalized spacial score (nSPS) is 15.2. The van der Waals surface area contributed by atoms with Gasteiger partial charge in [0.1, 0.15) is 0 Å². The molecule has 8 heteroatoms. The number of nitrogens with zero attached hydrogens (tertiary/aromatic N) is 2. The van der Waals surface area contributed by atoms with Crippen LogP contribution in [0.4, 0.5) is 5.69 Å². The quantitative estimate of drug-likeness (QED) is 0.618. The van der Waals surface area contributed by atoms with Crippen molar-refractivity contribution in [1.29, 1.82) is 0 Å². The van der Waals surface area contributed by atoms with E-state index < -0.39 is 15.7 Å². The average molecular weight is 352 g/mol. The van der Waals surface area contributed by atoms with E-state index in [9.17, 15) is 13.2 Å². The molecule has 0 aromatic heterocycles. The largest absolute Gasteiger partial charge is 0.370 e. The fourth-order valence-electron chi connectivity index (χ4n) is 2.96. The molecule has 7 nitrogen and oxygen atoms in total. The Hall–Kier alpha value is -2.09. The summed E-state index contributed by atoms with van der Waals surface area (Å²) in [6.07, 6.45) is 4.92. The van der Waals surface area contributed by atoms with E-state index in [0.29, 0.717) is 12.1 Å². The minimum atomic E-state index is -3.50. The molecule has 0 spiro atoms. The Morgan fingerprint density at radius 3 is 2.33 bits per heavy atom. The number of rotatable bonds is 4. The SMILES string of the molecule is CCc1cc(N2CCCCC2)c(S(C)(=O)=O)cc1C(=O)N=C(N)N. The number of hydrogen-bond acceptors (Lipinski definition) is 4. The molecule has 0 atom stereocenters. The van der Waals surface area contributed by atoms with Crippen molar-refractivity contribution in [1.82, 2.24) is 0 Å².